The molecule has 0 heterocycles. The smallest absolute Gasteiger partial charge is 0.252 e. The number of hydrogen-bond acceptors (Lipinski definition) is 2. The lowest BCUT2D eigenvalue weighted by molar-refractivity contribution is 0.108. The van der Waals surface area contributed by atoms with Gasteiger partial charge in [0.15, 0.2) is 0 Å². The zero-order valence-corrected chi connectivity index (χ0v) is 13.7. The van der Waals surface area contributed by atoms with Crippen LogP contribution >= 0.6 is 11.6 Å². The van der Waals surface area contributed by atoms with Gasteiger partial charge in [0.05, 0.1) is 0 Å². The van der Waals surface area contributed by atoms with Crippen molar-refractivity contribution < 1.29 is 9.22 Å². The summed E-state index contributed by atoms with van der Waals surface area (Å²) >= 11 is 5.46. The number of hydrogen-bond donors (Lipinski definition) is 0. The molecule has 0 aliphatic heterocycles. The molecule has 2 nitrogen and oxygen atoms in total. The van der Waals surface area contributed by atoms with E-state index in [9.17, 15) is 4.79 Å². The van der Waals surface area contributed by atoms with E-state index in [1.807, 2.05) is 13.0 Å². The predicted molar refractivity (Wildman–Crippen MR) is 79.2 cm³/mol. The SMILES string of the molecule is Cc1cc(C(=O)Cl)ccc1O[Si](C)(C)C(C)(C)C. The Bertz CT molecular complexity index is 461. The molecular weight excluding hydrogens is 264 g/mol. The highest BCUT2D eigenvalue weighted by Crippen LogP contribution is 2.38. The summed E-state index contributed by atoms with van der Waals surface area (Å²) in [6.07, 6.45) is 0. The highest BCUT2D eigenvalue weighted by Gasteiger charge is 2.39. The zero-order valence-electron chi connectivity index (χ0n) is 11.9. The van der Waals surface area contributed by atoms with Crippen molar-refractivity contribution >= 4 is 25.2 Å². The standard InChI is InChI=1S/C14H21ClO2Si/c1-10-9-11(13(15)16)7-8-12(10)17-18(5,6)14(2,3)4/h7-9H,1-6H3. The van der Waals surface area contributed by atoms with Crippen molar-refractivity contribution in [1.29, 1.82) is 0 Å². The minimum atomic E-state index is -1.84. The molecule has 4 heteroatoms. The van der Waals surface area contributed by atoms with Gasteiger partial charge >= 0.3 is 0 Å². The molecule has 0 N–H and O–H groups in total. The second-order valence-electron chi connectivity index (χ2n) is 6.12. The molecule has 0 aliphatic carbocycles. The van der Waals surface area contributed by atoms with Crippen molar-refractivity contribution in [2.75, 3.05) is 0 Å². The third-order valence-corrected chi connectivity index (χ3v) is 8.13. The molecule has 0 saturated carbocycles. The predicted octanol–water partition coefficient (Wildman–Crippen LogP) is 4.76. The van der Waals surface area contributed by atoms with Gasteiger partial charge in [-0.05, 0) is 60.4 Å². The molecule has 0 spiro atoms. The fraction of sp³-hybridized carbons (Fsp3) is 0.500. The number of aryl methyl sites for hydroxylation is 1. The van der Waals surface area contributed by atoms with E-state index in [0.717, 1.165) is 11.3 Å². The molecule has 1 aromatic rings. The number of rotatable bonds is 3. The number of halogens is 1. The Morgan fingerprint density at radius 3 is 2.22 bits per heavy atom. The molecule has 18 heavy (non-hydrogen) atoms. The van der Waals surface area contributed by atoms with E-state index >= 15 is 0 Å². The van der Waals surface area contributed by atoms with Crippen LogP contribution in [0.5, 0.6) is 5.75 Å². The van der Waals surface area contributed by atoms with Crippen molar-refractivity contribution in [2.45, 2.75) is 45.8 Å². The lowest BCUT2D eigenvalue weighted by Crippen LogP contribution is -2.44. The van der Waals surface area contributed by atoms with Crippen molar-refractivity contribution in [3.05, 3.63) is 29.3 Å². The maximum absolute atomic E-state index is 11.1. The van der Waals surface area contributed by atoms with Crippen LogP contribution in [0.4, 0.5) is 0 Å². The van der Waals surface area contributed by atoms with Gasteiger partial charge < -0.3 is 4.43 Å². The monoisotopic (exact) mass is 284 g/mol. The first-order chi connectivity index (χ1) is 8.04. The van der Waals surface area contributed by atoms with Gasteiger partial charge in [0, 0.05) is 5.56 Å². The first kappa shape index (κ1) is 15.3. The van der Waals surface area contributed by atoms with Gasteiger partial charge in [-0.15, -0.1) is 0 Å². The van der Waals surface area contributed by atoms with E-state index < -0.39 is 13.6 Å². The van der Waals surface area contributed by atoms with Crippen LogP contribution < -0.4 is 4.43 Å². The molecule has 1 rings (SSSR count). The fourth-order valence-corrected chi connectivity index (χ4v) is 2.52. The van der Waals surface area contributed by atoms with E-state index in [0.29, 0.717) is 5.56 Å². The van der Waals surface area contributed by atoms with E-state index in [4.69, 9.17) is 16.0 Å². The highest BCUT2D eigenvalue weighted by atomic mass is 35.5. The Morgan fingerprint density at radius 1 is 1.28 bits per heavy atom. The molecule has 1 aromatic carbocycles. The Balaban J connectivity index is 3.03. The summed E-state index contributed by atoms with van der Waals surface area (Å²) < 4.78 is 6.22. The first-order valence-electron chi connectivity index (χ1n) is 6.04. The lowest BCUT2D eigenvalue weighted by Gasteiger charge is -2.36. The van der Waals surface area contributed by atoms with Gasteiger partial charge in [-0.1, -0.05) is 20.8 Å². The average molecular weight is 285 g/mol. The Labute approximate surface area is 115 Å². The summed E-state index contributed by atoms with van der Waals surface area (Å²) in [6.45, 7) is 12.9. The summed E-state index contributed by atoms with van der Waals surface area (Å²) in [5.41, 5.74) is 1.46. The Hall–Kier alpha value is -0.803. The normalized spacial score (nSPS) is 12.4. The van der Waals surface area contributed by atoms with Crippen LogP contribution in [0.3, 0.4) is 0 Å². The third kappa shape index (κ3) is 3.36. The topological polar surface area (TPSA) is 26.3 Å². The van der Waals surface area contributed by atoms with Crippen molar-refractivity contribution in [3.63, 3.8) is 0 Å². The van der Waals surface area contributed by atoms with Crippen molar-refractivity contribution in [3.8, 4) is 5.75 Å². The molecule has 0 fully saturated rings. The first-order valence-corrected chi connectivity index (χ1v) is 9.33. The molecule has 0 radical (unpaired) electrons. The summed E-state index contributed by atoms with van der Waals surface area (Å²) in [7, 11) is -1.84. The maximum Gasteiger partial charge on any atom is 0.252 e. The summed E-state index contributed by atoms with van der Waals surface area (Å²) in [6, 6.07) is 5.33. The van der Waals surface area contributed by atoms with E-state index in [2.05, 4.69) is 33.9 Å². The number of benzene rings is 1. The molecule has 0 unspecified atom stereocenters. The molecule has 0 saturated heterocycles. The molecular formula is C14H21ClO2Si. The van der Waals surface area contributed by atoms with Gasteiger partial charge in [0.1, 0.15) is 5.75 Å². The minimum absolute atomic E-state index is 0.153. The minimum Gasteiger partial charge on any atom is -0.543 e. The summed E-state index contributed by atoms with van der Waals surface area (Å²) in [5.74, 6) is 0.850. The van der Waals surface area contributed by atoms with Crippen molar-refractivity contribution in [2.24, 2.45) is 0 Å². The molecule has 0 bridgehead atoms. The molecule has 0 amide bonds. The molecule has 0 atom stereocenters. The Morgan fingerprint density at radius 2 is 1.83 bits per heavy atom. The number of carbonyl (C=O) groups is 1. The maximum atomic E-state index is 11.1. The fourth-order valence-electron chi connectivity index (χ4n) is 1.31. The molecule has 0 aliphatic rings. The third-order valence-electron chi connectivity index (χ3n) is 3.57. The van der Waals surface area contributed by atoms with Gasteiger partial charge in [-0.3, -0.25) is 4.79 Å². The van der Waals surface area contributed by atoms with Crippen LogP contribution in [0.15, 0.2) is 18.2 Å². The van der Waals surface area contributed by atoms with Crippen LogP contribution in [-0.2, 0) is 0 Å². The van der Waals surface area contributed by atoms with Crippen molar-refractivity contribution in [1.82, 2.24) is 0 Å². The van der Waals surface area contributed by atoms with Gasteiger partial charge in [0.2, 0.25) is 8.32 Å². The highest BCUT2D eigenvalue weighted by molar-refractivity contribution is 6.74. The number of carbonyl (C=O) groups excluding carboxylic acids is 1. The summed E-state index contributed by atoms with van der Waals surface area (Å²) in [4.78, 5) is 11.1. The average Bonchev–Trinajstić information content (AvgIpc) is 2.18. The van der Waals surface area contributed by atoms with Gasteiger partial charge in [-0.25, -0.2) is 0 Å². The van der Waals surface area contributed by atoms with Crippen LogP contribution in [0, 0.1) is 6.92 Å². The largest absolute Gasteiger partial charge is 0.543 e. The second kappa shape index (κ2) is 5.06. The van der Waals surface area contributed by atoms with Crippen LogP contribution in [0.2, 0.25) is 18.1 Å². The lowest BCUT2D eigenvalue weighted by atomic mass is 10.1. The summed E-state index contributed by atoms with van der Waals surface area (Å²) in [5, 5.41) is -0.280. The molecule has 100 valence electrons. The van der Waals surface area contributed by atoms with E-state index in [-0.39, 0.29) is 5.04 Å². The van der Waals surface area contributed by atoms with E-state index in [1.165, 1.54) is 0 Å². The van der Waals surface area contributed by atoms with Gasteiger partial charge in [0.25, 0.3) is 5.24 Å². The van der Waals surface area contributed by atoms with E-state index in [1.54, 1.807) is 12.1 Å². The second-order valence-corrected chi connectivity index (χ2v) is 11.2. The van der Waals surface area contributed by atoms with Crippen LogP contribution in [0.1, 0.15) is 36.7 Å². The molecule has 0 aromatic heterocycles. The Kier molecular flexibility index (Phi) is 4.29. The van der Waals surface area contributed by atoms with Crippen LogP contribution in [-0.4, -0.2) is 13.6 Å². The van der Waals surface area contributed by atoms with Gasteiger partial charge in [-0.2, -0.15) is 0 Å². The zero-order chi connectivity index (χ0) is 14.1. The quantitative estimate of drug-likeness (QED) is 0.591. The van der Waals surface area contributed by atoms with Crippen LogP contribution in [0.25, 0.3) is 0 Å².